The largest absolute Gasteiger partial charge is 0.377 e. The third kappa shape index (κ3) is 3.23. The van der Waals surface area contributed by atoms with Crippen molar-refractivity contribution in [1.29, 1.82) is 0 Å². The van der Waals surface area contributed by atoms with Crippen molar-refractivity contribution in [2.45, 2.75) is 44.8 Å². The smallest absolute Gasteiger partial charge is 0.0746 e. The van der Waals surface area contributed by atoms with Crippen molar-refractivity contribution in [2.24, 2.45) is 11.7 Å². The van der Waals surface area contributed by atoms with Gasteiger partial charge in [-0.05, 0) is 39.2 Å². The fraction of sp³-hybridized carbons (Fsp3) is 1.00. The number of rotatable bonds is 5. The lowest BCUT2D eigenvalue weighted by atomic mass is 10.0. The molecule has 0 aromatic carbocycles. The predicted octanol–water partition coefficient (Wildman–Crippen LogP) is 1.13. The topological polar surface area (TPSA) is 47.3 Å². The molecule has 0 saturated heterocycles. The van der Waals surface area contributed by atoms with E-state index in [-0.39, 0.29) is 5.60 Å². The van der Waals surface area contributed by atoms with Gasteiger partial charge in [0, 0.05) is 19.7 Å². The van der Waals surface area contributed by atoms with Crippen LogP contribution in [0.2, 0.25) is 0 Å². The van der Waals surface area contributed by atoms with Gasteiger partial charge in [-0.1, -0.05) is 6.42 Å². The highest BCUT2D eigenvalue weighted by atomic mass is 16.5. The first kappa shape index (κ1) is 12.0. The maximum absolute atomic E-state index is 5.72. The minimum atomic E-state index is -0.0677. The Balaban J connectivity index is 2.30. The quantitative estimate of drug-likeness (QED) is 0.699. The average Bonchev–Trinajstić information content (AvgIpc) is 2.62. The Kier molecular flexibility index (Phi) is 4.35. The van der Waals surface area contributed by atoms with Crippen molar-refractivity contribution < 1.29 is 4.74 Å². The minimum absolute atomic E-state index is 0.0677. The van der Waals surface area contributed by atoms with Gasteiger partial charge in [0.1, 0.15) is 0 Å². The summed E-state index contributed by atoms with van der Waals surface area (Å²) in [7, 11) is 1.76. The van der Waals surface area contributed by atoms with Gasteiger partial charge in [0.15, 0.2) is 0 Å². The molecule has 1 fully saturated rings. The van der Waals surface area contributed by atoms with Crippen LogP contribution >= 0.6 is 0 Å². The number of hydrogen-bond donors (Lipinski definition) is 2. The Morgan fingerprint density at radius 1 is 1.43 bits per heavy atom. The molecular weight excluding hydrogens is 176 g/mol. The van der Waals surface area contributed by atoms with Crippen molar-refractivity contribution in [3.63, 3.8) is 0 Å². The number of methoxy groups -OCH3 is 1. The molecule has 0 spiro atoms. The molecule has 0 aliphatic heterocycles. The molecule has 84 valence electrons. The summed E-state index contributed by atoms with van der Waals surface area (Å²) in [5.74, 6) is 0.669. The van der Waals surface area contributed by atoms with E-state index >= 15 is 0 Å². The summed E-state index contributed by atoms with van der Waals surface area (Å²) in [6, 6.07) is 0.606. The van der Waals surface area contributed by atoms with Crippen molar-refractivity contribution in [3.05, 3.63) is 0 Å². The molecule has 2 atom stereocenters. The van der Waals surface area contributed by atoms with Gasteiger partial charge in [-0.15, -0.1) is 0 Å². The van der Waals surface area contributed by atoms with Crippen LogP contribution in [0.25, 0.3) is 0 Å². The maximum atomic E-state index is 5.72. The summed E-state index contributed by atoms with van der Waals surface area (Å²) in [5, 5.41) is 3.57. The summed E-state index contributed by atoms with van der Waals surface area (Å²) in [6.07, 6.45) is 3.86. The van der Waals surface area contributed by atoms with Crippen LogP contribution in [-0.4, -0.2) is 31.8 Å². The average molecular weight is 200 g/mol. The number of ether oxygens (including phenoxy) is 1. The van der Waals surface area contributed by atoms with E-state index < -0.39 is 0 Å². The standard InChI is InChI=1S/C11H24N2O/c1-11(2,14-3)8-13-10-6-4-5-9(10)7-12/h9-10,13H,4-8,12H2,1-3H3. The molecule has 3 nitrogen and oxygen atoms in total. The molecule has 0 amide bonds. The van der Waals surface area contributed by atoms with E-state index in [1.54, 1.807) is 7.11 Å². The number of nitrogens with two attached hydrogens (primary N) is 1. The van der Waals surface area contributed by atoms with Crippen LogP contribution < -0.4 is 11.1 Å². The predicted molar refractivity (Wildman–Crippen MR) is 59.3 cm³/mol. The van der Waals surface area contributed by atoms with E-state index in [4.69, 9.17) is 10.5 Å². The molecule has 1 saturated carbocycles. The molecule has 0 bridgehead atoms. The molecule has 1 aliphatic carbocycles. The van der Waals surface area contributed by atoms with Gasteiger partial charge in [0.25, 0.3) is 0 Å². The second-order valence-electron chi connectivity index (χ2n) is 4.88. The van der Waals surface area contributed by atoms with Crippen LogP contribution in [-0.2, 0) is 4.74 Å². The lowest BCUT2D eigenvalue weighted by Gasteiger charge is -2.27. The van der Waals surface area contributed by atoms with E-state index in [0.29, 0.717) is 12.0 Å². The Bertz CT molecular complexity index is 171. The summed E-state index contributed by atoms with van der Waals surface area (Å²) in [6.45, 7) is 5.93. The molecule has 3 N–H and O–H groups in total. The summed E-state index contributed by atoms with van der Waals surface area (Å²) in [4.78, 5) is 0. The molecule has 0 heterocycles. The highest BCUT2D eigenvalue weighted by Gasteiger charge is 2.27. The SMILES string of the molecule is COC(C)(C)CNC1CCCC1CN. The van der Waals surface area contributed by atoms with Crippen molar-refractivity contribution in [3.8, 4) is 0 Å². The van der Waals surface area contributed by atoms with Gasteiger partial charge < -0.3 is 15.8 Å². The minimum Gasteiger partial charge on any atom is -0.377 e. The van der Waals surface area contributed by atoms with Gasteiger partial charge in [-0.2, -0.15) is 0 Å². The third-order valence-electron chi connectivity index (χ3n) is 3.30. The highest BCUT2D eigenvalue weighted by Crippen LogP contribution is 2.24. The van der Waals surface area contributed by atoms with Crippen molar-refractivity contribution in [2.75, 3.05) is 20.2 Å². The molecule has 2 unspecified atom stereocenters. The van der Waals surface area contributed by atoms with Crippen molar-refractivity contribution >= 4 is 0 Å². The number of nitrogens with one attached hydrogen (secondary N) is 1. The molecule has 1 rings (SSSR count). The fourth-order valence-electron chi connectivity index (χ4n) is 2.04. The van der Waals surface area contributed by atoms with Crippen LogP contribution in [0.5, 0.6) is 0 Å². The summed E-state index contributed by atoms with van der Waals surface area (Å²) in [5.41, 5.74) is 5.66. The Morgan fingerprint density at radius 2 is 2.14 bits per heavy atom. The summed E-state index contributed by atoms with van der Waals surface area (Å²) >= 11 is 0. The van der Waals surface area contributed by atoms with Gasteiger partial charge in [0.05, 0.1) is 5.60 Å². The zero-order valence-corrected chi connectivity index (χ0v) is 9.68. The first-order valence-corrected chi connectivity index (χ1v) is 5.57. The van der Waals surface area contributed by atoms with Crippen LogP contribution in [0.3, 0.4) is 0 Å². The van der Waals surface area contributed by atoms with Gasteiger partial charge in [-0.25, -0.2) is 0 Å². The molecule has 0 radical (unpaired) electrons. The Hall–Kier alpha value is -0.120. The van der Waals surface area contributed by atoms with E-state index in [1.165, 1.54) is 19.3 Å². The van der Waals surface area contributed by atoms with E-state index in [9.17, 15) is 0 Å². The fourth-order valence-corrected chi connectivity index (χ4v) is 2.04. The van der Waals surface area contributed by atoms with Gasteiger partial charge >= 0.3 is 0 Å². The molecule has 1 aliphatic rings. The second-order valence-corrected chi connectivity index (χ2v) is 4.88. The van der Waals surface area contributed by atoms with Crippen LogP contribution in [0, 0.1) is 5.92 Å². The zero-order valence-electron chi connectivity index (χ0n) is 9.68. The Labute approximate surface area is 87.4 Å². The first-order chi connectivity index (χ1) is 6.59. The van der Waals surface area contributed by atoms with Crippen LogP contribution in [0.1, 0.15) is 33.1 Å². The van der Waals surface area contributed by atoms with E-state index in [0.717, 1.165) is 13.1 Å². The molecule has 14 heavy (non-hydrogen) atoms. The monoisotopic (exact) mass is 200 g/mol. The van der Waals surface area contributed by atoms with E-state index in [1.807, 2.05) is 0 Å². The lowest BCUT2D eigenvalue weighted by molar-refractivity contribution is 0.0201. The van der Waals surface area contributed by atoms with Crippen LogP contribution in [0.15, 0.2) is 0 Å². The summed E-state index contributed by atoms with van der Waals surface area (Å²) < 4.78 is 5.37. The first-order valence-electron chi connectivity index (χ1n) is 5.57. The lowest BCUT2D eigenvalue weighted by Crippen LogP contribution is -2.44. The third-order valence-corrected chi connectivity index (χ3v) is 3.30. The second kappa shape index (κ2) is 5.10. The molecule has 0 aromatic rings. The van der Waals surface area contributed by atoms with Crippen LogP contribution in [0.4, 0.5) is 0 Å². The Morgan fingerprint density at radius 3 is 2.71 bits per heavy atom. The molecule has 0 aromatic heterocycles. The number of hydrogen-bond acceptors (Lipinski definition) is 3. The van der Waals surface area contributed by atoms with Crippen molar-refractivity contribution in [1.82, 2.24) is 5.32 Å². The van der Waals surface area contributed by atoms with E-state index in [2.05, 4.69) is 19.2 Å². The molecule has 3 heteroatoms. The van der Waals surface area contributed by atoms with Gasteiger partial charge in [0.2, 0.25) is 0 Å². The van der Waals surface area contributed by atoms with Gasteiger partial charge in [-0.3, -0.25) is 0 Å². The highest BCUT2D eigenvalue weighted by molar-refractivity contribution is 4.85. The molecular formula is C11H24N2O. The normalized spacial score (nSPS) is 28.3. The zero-order chi connectivity index (χ0) is 10.6. The maximum Gasteiger partial charge on any atom is 0.0746 e.